The minimum atomic E-state index is -0.622. The summed E-state index contributed by atoms with van der Waals surface area (Å²) >= 11 is 0. The number of amides is 1. The summed E-state index contributed by atoms with van der Waals surface area (Å²) in [6.07, 6.45) is 4.28. The number of carbonyl (C=O) groups excluding carboxylic acids is 1. The number of para-hydroxylation sites is 1. The minimum absolute atomic E-state index is 0.586. The summed E-state index contributed by atoms with van der Waals surface area (Å²) in [5.41, 5.74) is 3.98. The molecule has 134 valence electrons. The molecule has 2 aromatic heterocycles. The van der Waals surface area contributed by atoms with Crippen LogP contribution in [0.25, 0.3) is 17.1 Å². The number of furan rings is 1. The zero-order valence-corrected chi connectivity index (χ0v) is 14.8. The van der Waals surface area contributed by atoms with Crippen LogP contribution in [0.4, 0.5) is 4.79 Å². The highest BCUT2D eigenvalue weighted by atomic mass is 16.6. The Morgan fingerprint density at radius 3 is 2.65 bits per heavy atom. The van der Waals surface area contributed by atoms with Gasteiger partial charge in [-0.25, -0.2) is 14.9 Å². The first-order chi connectivity index (χ1) is 12.4. The summed E-state index contributed by atoms with van der Waals surface area (Å²) in [7, 11) is 0. The monoisotopic (exact) mass is 352 g/mol. The Bertz CT molecular complexity index is 891. The lowest BCUT2D eigenvalue weighted by Gasteiger charge is -2.18. The summed E-state index contributed by atoms with van der Waals surface area (Å²) in [6, 6.07) is 13.3. The Morgan fingerprint density at radius 2 is 2.00 bits per heavy atom. The van der Waals surface area contributed by atoms with Gasteiger partial charge in [-0.05, 0) is 45.0 Å². The van der Waals surface area contributed by atoms with Crippen molar-refractivity contribution in [3.8, 4) is 17.1 Å². The molecule has 0 atom stereocenters. The second kappa shape index (κ2) is 7.26. The summed E-state index contributed by atoms with van der Waals surface area (Å²) in [5, 5.41) is 8.53. The van der Waals surface area contributed by atoms with Crippen molar-refractivity contribution in [2.24, 2.45) is 5.10 Å². The van der Waals surface area contributed by atoms with Gasteiger partial charge in [0.15, 0.2) is 5.76 Å². The van der Waals surface area contributed by atoms with Crippen LogP contribution in [-0.4, -0.2) is 27.7 Å². The van der Waals surface area contributed by atoms with Crippen molar-refractivity contribution in [2.45, 2.75) is 26.4 Å². The maximum absolute atomic E-state index is 11.7. The van der Waals surface area contributed by atoms with Crippen molar-refractivity contribution >= 4 is 12.3 Å². The average Bonchev–Trinajstić information content (AvgIpc) is 3.23. The maximum atomic E-state index is 11.7. The fraction of sp³-hybridized carbons (Fsp3) is 0.211. The van der Waals surface area contributed by atoms with Crippen LogP contribution in [0.3, 0.4) is 0 Å². The molecule has 1 aromatic carbocycles. The number of nitrogens with zero attached hydrogens (tertiary/aromatic N) is 3. The number of rotatable bonds is 4. The van der Waals surface area contributed by atoms with E-state index in [1.54, 1.807) is 37.8 Å². The first kappa shape index (κ1) is 17.5. The van der Waals surface area contributed by atoms with Crippen LogP contribution in [0.1, 0.15) is 26.3 Å². The van der Waals surface area contributed by atoms with E-state index in [0.29, 0.717) is 17.0 Å². The number of ether oxygens (including phenoxy) is 1. The fourth-order valence-corrected chi connectivity index (χ4v) is 2.25. The molecule has 1 amide bonds. The van der Waals surface area contributed by atoms with Gasteiger partial charge >= 0.3 is 6.09 Å². The van der Waals surface area contributed by atoms with Crippen molar-refractivity contribution in [3.05, 3.63) is 60.5 Å². The van der Waals surface area contributed by atoms with E-state index in [0.717, 1.165) is 5.69 Å². The van der Waals surface area contributed by atoms with Crippen molar-refractivity contribution in [1.29, 1.82) is 0 Å². The Balaban J connectivity index is 1.85. The summed E-state index contributed by atoms with van der Waals surface area (Å²) in [6.45, 7) is 5.36. The molecular formula is C19H20N4O3. The van der Waals surface area contributed by atoms with E-state index in [-0.39, 0.29) is 0 Å². The topological polar surface area (TPSA) is 81.6 Å². The van der Waals surface area contributed by atoms with Gasteiger partial charge in [0.05, 0.1) is 18.2 Å². The van der Waals surface area contributed by atoms with Gasteiger partial charge in [-0.15, -0.1) is 0 Å². The van der Waals surface area contributed by atoms with Crippen molar-refractivity contribution in [1.82, 2.24) is 15.2 Å². The first-order valence-electron chi connectivity index (χ1n) is 8.13. The molecule has 0 aliphatic heterocycles. The number of hydrogen-bond acceptors (Lipinski definition) is 5. The van der Waals surface area contributed by atoms with Gasteiger partial charge in [0, 0.05) is 11.8 Å². The second-order valence-electron chi connectivity index (χ2n) is 6.56. The smallest absolute Gasteiger partial charge is 0.428 e. The van der Waals surface area contributed by atoms with Crippen LogP contribution in [0.5, 0.6) is 0 Å². The number of carbonyl (C=O) groups is 1. The fourth-order valence-electron chi connectivity index (χ4n) is 2.25. The van der Waals surface area contributed by atoms with E-state index in [2.05, 4.69) is 15.6 Å². The van der Waals surface area contributed by atoms with Gasteiger partial charge in [-0.3, -0.25) is 0 Å². The van der Waals surface area contributed by atoms with Gasteiger partial charge < -0.3 is 9.15 Å². The minimum Gasteiger partial charge on any atom is -0.463 e. The van der Waals surface area contributed by atoms with Crippen molar-refractivity contribution < 1.29 is 13.9 Å². The molecule has 0 radical (unpaired) electrons. The number of nitrogens with one attached hydrogen (secondary N) is 1. The highest BCUT2D eigenvalue weighted by Gasteiger charge is 2.16. The second-order valence-corrected chi connectivity index (χ2v) is 6.56. The van der Waals surface area contributed by atoms with Crippen LogP contribution >= 0.6 is 0 Å². The molecule has 0 unspecified atom stereocenters. The van der Waals surface area contributed by atoms with E-state index in [4.69, 9.17) is 9.15 Å². The zero-order valence-electron chi connectivity index (χ0n) is 14.8. The molecule has 7 nitrogen and oxygen atoms in total. The molecule has 0 aliphatic carbocycles. The van der Waals surface area contributed by atoms with Crippen LogP contribution in [0.15, 0.2) is 64.4 Å². The molecule has 0 fully saturated rings. The van der Waals surface area contributed by atoms with Crippen molar-refractivity contribution in [3.63, 3.8) is 0 Å². The van der Waals surface area contributed by atoms with Crippen molar-refractivity contribution in [2.75, 3.05) is 0 Å². The average molecular weight is 352 g/mol. The third-order valence-electron chi connectivity index (χ3n) is 3.28. The standard InChI is InChI=1S/C19H20N4O3/c1-19(2,3)26-18(24)21-20-12-14-13-23(15-8-5-4-6-9-15)22-17(14)16-10-7-11-25-16/h4-13H,1-3H3,(H,21,24)/b20-12-. The van der Waals surface area contributed by atoms with E-state index in [1.807, 2.05) is 42.6 Å². The number of aromatic nitrogens is 2. The van der Waals surface area contributed by atoms with Gasteiger partial charge in [-0.2, -0.15) is 10.2 Å². The molecule has 0 spiro atoms. The van der Waals surface area contributed by atoms with Crippen LogP contribution in [0.2, 0.25) is 0 Å². The summed E-state index contributed by atoms with van der Waals surface area (Å²) in [4.78, 5) is 11.7. The van der Waals surface area contributed by atoms with Crippen LogP contribution < -0.4 is 5.43 Å². The number of benzene rings is 1. The normalized spacial score (nSPS) is 11.7. The van der Waals surface area contributed by atoms with E-state index < -0.39 is 11.7 Å². The molecule has 7 heteroatoms. The van der Waals surface area contributed by atoms with E-state index in [1.165, 1.54) is 6.21 Å². The molecule has 0 bridgehead atoms. The highest BCUT2D eigenvalue weighted by Crippen LogP contribution is 2.23. The van der Waals surface area contributed by atoms with Gasteiger partial charge in [0.25, 0.3) is 0 Å². The molecule has 3 aromatic rings. The predicted molar refractivity (Wildman–Crippen MR) is 98.2 cm³/mol. The SMILES string of the molecule is CC(C)(C)OC(=O)N/N=C\c1cn(-c2ccccc2)nc1-c1ccco1. The number of hydrogen-bond donors (Lipinski definition) is 1. The highest BCUT2D eigenvalue weighted by molar-refractivity contribution is 5.88. The van der Waals surface area contributed by atoms with Gasteiger partial charge in [0.2, 0.25) is 0 Å². The van der Waals surface area contributed by atoms with E-state index in [9.17, 15) is 4.79 Å². The molecule has 0 aliphatic rings. The molecule has 1 N–H and O–H groups in total. The maximum Gasteiger partial charge on any atom is 0.428 e. The van der Waals surface area contributed by atoms with Gasteiger partial charge in [0.1, 0.15) is 11.3 Å². The van der Waals surface area contributed by atoms with E-state index >= 15 is 0 Å². The Morgan fingerprint density at radius 1 is 1.23 bits per heavy atom. The number of hydrazone groups is 1. The largest absolute Gasteiger partial charge is 0.463 e. The molecule has 2 heterocycles. The quantitative estimate of drug-likeness (QED) is 0.568. The molecule has 0 saturated carbocycles. The summed E-state index contributed by atoms with van der Waals surface area (Å²) in [5.74, 6) is 0.610. The van der Waals surface area contributed by atoms with Crippen LogP contribution in [-0.2, 0) is 4.74 Å². The lowest BCUT2D eigenvalue weighted by Crippen LogP contribution is -2.29. The summed E-state index contributed by atoms with van der Waals surface area (Å²) < 4.78 is 12.3. The zero-order chi connectivity index (χ0) is 18.6. The molecule has 3 rings (SSSR count). The van der Waals surface area contributed by atoms with Gasteiger partial charge in [-0.1, -0.05) is 18.2 Å². The molecule has 26 heavy (non-hydrogen) atoms. The Kier molecular flexibility index (Phi) is 4.88. The van der Waals surface area contributed by atoms with Crippen LogP contribution in [0, 0.1) is 0 Å². The third kappa shape index (κ3) is 4.38. The molecule has 0 saturated heterocycles. The lowest BCUT2D eigenvalue weighted by atomic mass is 10.2. The lowest BCUT2D eigenvalue weighted by molar-refractivity contribution is 0.0529. The third-order valence-corrected chi connectivity index (χ3v) is 3.28. The Labute approximate surface area is 151 Å². The molecular weight excluding hydrogens is 332 g/mol. The predicted octanol–water partition coefficient (Wildman–Crippen LogP) is 3.99. The Hall–Kier alpha value is -3.35. The first-order valence-corrected chi connectivity index (χ1v) is 8.13.